The van der Waals surface area contributed by atoms with E-state index in [1.165, 1.54) is 0 Å². The number of ether oxygens (including phenoxy) is 1. The van der Waals surface area contributed by atoms with E-state index in [0.717, 1.165) is 17.1 Å². The van der Waals surface area contributed by atoms with E-state index in [2.05, 4.69) is 10.3 Å². The predicted molar refractivity (Wildman–Crippen MR) is 101 cm³/mol. The third-order valence-corrected chi connectivity index (χ3v) is 5.43. The first-order chi connectivity index (χ1) is 12.4. The van der Waals surface area contributed by atoms with Gasteiger partial charge in [-0.2, -0.15) is 0 Å². The minimum atomic E-state index is -0.668. The molecule has 6 nitrogen and oxygen atoms in total. The molecule has 1 spiro atoms. The van der Waals surface area contributed by atoms with Crippen LogP contribution in [0.3, 0.4) is 0 Å². The molecule has 140 valence electrons. The molecule has 1 fully saturated rings. The Hall–Kier alpha value is -2.21. The molecule has 2 amide bonds. The van der Waals surface area contributed by atoms with Crippen LogP contribution >= 0.6 is 0 Å². The van der Waals surface area contributed by atoms with Crippen molar-refractivity contribution in [2.45, 2.75) is 45.1 Å². The Morgan fingerprint density at radius 3 is 2.54 bits per heavy atom. The fourth-order valence-electron chi connectivity index (χ4n) is 3.83. The molecule has 0 unspecified atom stereocenters. The average molecular weight is 357 g/mol. The average Bonchev–Trinajstić information content (AvgIpc) is 2.85. The van der Waals surface area contributed by atoms with Crippen LogP contribution in [0.2, 0.25) is 0 Å². The van der Waals surface area contributed by atoms with Crippen molar-refractivity contribution < 1.29 is 14.3 Å². The van der Waals surface area contributed by atoms with Gasteiger partial charge in [-0.3, -0.25) is 19.5 Å². The summed E-state index contributed by atoms with van der Waals surface area (Å²) in [6.45, 7) is 4.92. The van der Waals surface area contributed by atoms with Gasteiger partial charge in [0.25, 0.3) is 5.91 Å². The van der Waals surface area contributed by atoms with E-state index in [0.29, 0.717) is 38.8 Å². The molecule has 0 saturated heterocycles. The van der Waals surface area contributed by atoms with Crippen molar-refractivity contribution in [3.8, 4) is 0 Å². The highest BCUT2D eigenvalue weighted by Crippen LogP contribution is 2.40. The molecule has 6 heteroatoms. The highest BCUT2D eigenvalue weighted by molar-refractivity contribution is 6.07. The summed E-state index contributed by atoms with van der Waals surface area (Å²) in [5, 5.41) is 2.99. The number of nitrogens with zero attached hydrogens (tertiary/aromatic N) is 2. The number of hydrogen-bond donors (Lipinski definition) is 1. The molecule has 1 N–H and O–H groups in total. The maximum absolute atomic E-state index is 12.9. The van der Waals surface area contributed by atoms with E-state index in [-0.39, 0.29) is 17.7 Å². The summed E-state index contributed by atoms with van der Waals surface area (Å²) in [5.41, 5.74) is 1.31. The van der Waals surface area contributed by atoms with Crippen molar-refractivity contribution in [2.24, 2.45) is 10.9 Å². The van der Waals surface area contributed by atoms with Gasteiger partial charge in [0.1, 0.15) is 11.4 Å². The molecule has 3 rings (SSSR count). The number of nitrogens with one attached hydrogen (secondary N) is 1. The third kappa shape index (κ3) is 3.65. The van der Waals surface area contributed by atoms with Crippen LogP contribution in [-0.4, -0.2) is 48.4 Å². The number of anilines is 1. The van der Waals surface area contributed by atoms with Gasteiger partial charge in [0.15, 0.2) is 0 Å². The molecule has 1 aliphatic carbocycles. The molecular formula is C20H27N3O3. The monoisotopic (exact) mass is 357 g/mol. The molecule has 26 heavy (non-hydrogen) atoms. The van der Waals surface area contributed by atoms with Crippen LogP contribution in [-0.2, 0) is 14.3 Å². The van der Waals surface area contributed by atoms with E-state index in [1.54, 1.807) is 12.0 Å². The van der Waals surface area contributed by atoms with Crippen LogP contribution in [0.5, 0.6) is 0 Å². The number of aliphatic imine (C=N–C) groups is 1. The van der Waals surface area contributed by atoms with Crippen molar-refractivity contribution in [2.75, 3.05) is 25.6 Å². The zero-order valence-electron chi connectivity index (χ0n) is 15.7. The molecule has 0 bridgehead atoms. The van der Waals surface area contributed by atoms with Crippen LogP contribution in [0.1, 0.15) is 38.2 Å². The van der Waals surface area contributed by atoms with Crippen molar-refractivity contribution in [1.29, 1.82) is 0 Å². The van der Waals surface area contributed by atoms with Gasteiger partial charge in [0.05, 0.1) is 13.2 Å². The summed E-state index contributed by atoms with van der Waals surface area (Å²) in [4.78, 5) is 31.8. The second-order valence-electron chi connectivity index (χ2n) is 7.27. The topological polar surface area (TPSA) is 71.0 Å². The fraction of sp³-hybridized carbons (Fsp3) is 0.550. The Morgan fingerprint density at radius 1 is 1.27 bits per heavy atom. The van der Waals surface area contributed by atoms with Gasteiger partial charge in [-0.05, 0) is 51.7 Å². The molecule has 0 atom stereocenters. The van der Waals surface area contributed by atoms with Gasteiger partial charge >= 0.3 is 0 Å². The van der Waals surface area contributed by atoms with Gasteiger partial charge in [0, 0.05) is 18.7 Å². The lowest BCUT2D eigenvalue weighted by Crippen LogP contribution is -2.46. The van der Waals surface area contributed by atoms with E-state index in [4.69, 9.17) is 4.74 Å². The standard InChI is InChI=1S/C20H27N3O3/c1-14-4-6-17(7-5-14)21-18(24)16-8-10-20(11-9-16)19(25)23(12-13-26-3)15(2)22-20/h4-7,16H,8-13H2,1-3H3,(H,21,24). The number of carbonyl (C=O) groups excluding carboxylic acids is 2. The molecule has 1 saturated carbocycles. The summed E-state index contributed by atoms with van der Waals surface area (Å²) in [5.74, 6) is 0.781. The van der Waals surface area contributed by atoms with Crippen molar-refractivity contribution in [3.63, 3.8) is 0 Å². The molecule has 1 aromatic carbocycles. The lowest BCUT2D eigenvalue weighted by Gasteiger charge is -2.33. The van der Waals surface area contributed by atoms with Crippen molar-refractivity contribution >= 4 is 23.3 Å². The van der Waals surface area contributed by atoms with Crippen LogP contribution in [0.25, 0.3) is 0 Å². The van der Waals surface area contributed by atoms with Crippen LogP contribution < -0.4 is 5.32 Å². The summed E-state index contributed by atoms with van der Waals surface area (Å²) in [6.07, 6.45) is 2.61. The normalized spacial score (nSPS) is 25.5. The van der Waals surface area contributed by atoms with Gasteiger partial charge in [-0.25, -0.2) is 0 Å². The zero-order chi connectivity index (χ0) is 18.7. The van der Waals surface area contributed by atoms with E-state index < -0.39 is 5.54 Å². The van der Waals surface area contributed by atoms with E-state index in [9.17, 15) is 9.59 Å². The molecule has 1 heterocycles. The van der Waals surface area contributed by atoms with Gasteiger partial charge in [-0.1, -0.05) is 17.7 Å². The number of amides is 2. The lowest BCUT2D eigenvalue weighted by atomic mass is 9.76. The SMILES string of the molecule is COCCN1C(=O)C2(CCC(C(=O)Nc3ccc(C)cc3)CC2)N=C1C. The predicted octanol–water partition coefficient (Wildman–Crippen LogP) is 2.77. The zero-order valence-corrected chi connectivity index (χ0v) is 15.7. The Bertz CT molecular complexity index is 704. The van der Waals surface area contributed by atoms with Crippen LogP contribution in [0.4, 0.5) is 5.69 Å². The van der Waals surface area contributed by atoms with Crippen molar-refractivity contribution in [3.05, 3.63) is 29.8 Å². The van der Waals surface area contributed by atoms with E-state index >= 15 is 0 Å². The van der Waals surface area contributed by atoms with Crippen LogP contribution in [0, 0.1) is 12.8 Å². The number of benzene rings is 1. The second kappa shape index (κ2) is 7.58. The quantitative estimate of drug-likeness (QED) is 0.881. The summed E-state index contributed by atoms with van der Waals surface area (Å²) >= 11 is 0. The lowest BCUT2D eigenvalue weighted by molar-refractivity contribution is -0.134. The molecule has 1 aromatic rings. The fourth-order valence-corrected chi connectivity index (χ4v) is 3.83. The number of carbonyl (C=O) groups is 2. The Morgan fingerprint density at radius 2 is 1.92 bits per heavy atom. The van der Waals surface area contributed by atoms with Gasteiger partial charge in [0.2, 0.25) is 5.91 Å². The molecule has 2 aliphatic rings. The Kier molecular flexibility index (Phi) is 5.41. The minimum Gasteiger partial charge on any atom is -0.383 e. The number of rotatable bonds is 5. The first kappa shape index (κ1) is 18.6. The molecule has 0 radical (unpaired) electrons. The number of amidine groups is 1. The summed E-state index contributed by atoms with van der Waals surface area (Å²) < 4.78 is 5.09. The second-order valence-corrected chi connectivity index (χ2v) is 7.27. The van der Waals surface area contributed by atoms with E-state index in [1.807, 2.05) is 38.1 Å². The first-order valence-corrected chi connectivity index (χ1v) is 9.20. The first-order valence-electron chi connectivity index (χ1n) is 9.20. The largest absolute Gasteiger partial charge is 0.383 e. The number of aryl methyl sites for hydroxylation is 1. The van der Waals surface area contributed by atoms with Crippen LogP contribution in [0.15, 0.2) is 29.3 Å². The minimum absolute atomic E-state index is 0.0334. The summed E-state index contributed by atoms with van der Waals surface area (Å²) in [6, 6.07) is 7.79. The maximum Gasteiger partial charge on any atom is 0.255 e. The van der Waals surface area contributed by atoms with Gasteiger partial charge in [-0.15, -0.1) is 0 Å². The number of methoxy groups -OCH3 is 1. The maximum atomic E-state index is 12.9. The smallest absolute Gasteiger partial charge is 0.255 e. The van der Waals surface area contributed by atoms with Gasteiger partial charge < -0.3 is 10.1 Å². The number of hydrogen-bond acceptors (Lipinski definition) is 4. The molecular weight excluding hydrogens is 330 g/mol. The highest BCUT2D eigenvalue weighted by atomic mass is 16.5. The molecule has 1 aliphatic heterocycles. The summed E-state index contributed by atoms with van der Waals surface area (Å²) in [7, 11) is 1.63. The highest BCUT2D eigenvalue weighted by Gasteiger charge is 2.49. The van der Waals surface area contributed by atoms with Crippen molar-refractivity contribution in [1.82, 2.24) is 4.90 Å². The Labute approximate surface area is 154 Å². The Balaban J connectivity index is 1.59. The molecule has 0 aromatic heterocycles. The third-order valence-electron chi connectivity index (χ3n) is 5.43.